The minimum Gasteiger partial charge on any atom is -0.390 e. The van der Waals surface area contributed by atoms with Crippen molar-refractivity contribution in [2.24, 2.45) is 0 Å². The van der Waals surface area contributed by atoms with Crippen LogP contribution >= 0.6 is 11.6 Å². The Labute approximate surface area is 116 Å². The lowest BCUT2D eigenvalue weighted by molar-refractivity contribution is 0.277. The molecule has 0 aliphatic rings. The van der Waals surface area contributed by atoms with Gasteiger partial charge in [0.1, 0.15) is 0 Å². The van der Waals surface area contributed by atoms with E-state index in [0.717, 1.165) is 0 Å². The van der Waals surface area contributed by atoms with E-state index in [1.54, 1.807) is 24.3 Å². The highest BCUT2D eigenvalue weighted by atomic mass is 35.5. The van der Waals surface area contributed by atoms with Crippen molar-refractivity contribution in [3.8, 4) is 0 Å². The number of benzene rings is 1. The van der Waals surface area contributed by atoms with E-state index in [1.807, 2.05) is 0 Å². The molecular formula is C12H13ClN2O3S. The van der Waals surface area contributed by atoms with E-state index in [2.05, 4.69) is 9.71 Å². The predicted octanol–water partition coefficient (Wildman–Crippen LogP) is 1.64. The van der Waals surface area contributed by atoms with Crippen molar-refractivity contribution < 1.29 is 13.5 Å². The van der Waals surface area contributed by atoms with Crippen molar-refractivity contribution in [3.05, 3.63) is 52.8 Å². The van der Waals surface area contributed by atoms with Gasteiger partial charge < -0.3 is 10.1 Å². The molecule has 0 aliphatic heterocycles. The van der Waals surface area contributed by atoms with Gasteiger partial charge >= 0.3 is 0 Å². The van der Waals surface area contributed by atoms with Crippen LogP contribution in [-0.4, -0.2) is 18.5 Å². The van der Waals surface area contributed by atoms with Gasteiger partial charge in [0, 0.05) is 23.5 Å². The van der Waals surface area contributed by atoms with E-state index >= 15 is 0 Å². The average molecular weight is 301 g/mol. The van der Waals surface area contributed by atoms with Crippen LogP contribution in [0.15, 0.2) is 41.4 Å². The van der Waals surface area contributed by atoms with Gasteiger partial charge in [0.05, 0.1) is 11.5 Å². The average Bonchev–Trinajstić information content (AvgIpc) is 2.87. The number of H-pyrrole nitrogens is 1. The highest BCUT2D eigenvalue weighted by Crippen LogP contribution is 2.16. The number of sulfonamides is 1. The summed E-state index contributed by atoms with van der Waals surface area (Å²) in [6, 6.07) is 8.40. The van der Waals surface area contributed by atoms with E-state index in [9.17, 15) is 8.42 Å². The molecule has 0 radical (unpaired) electrons. The topological polar surface area (TPSA) is 82.2 Å². The Kier molecular flexibility index (Phi) is 4.26. The van der Waals surface area contributed by atoms with Gasteiger partial charge in [-0.3, -0.25) is 0 Å². The zero-order valence-electron chi connectivity index (χ0n) is 9.93. The Morgan fingerprint density at radius 2 is 2.05 bits per heavy atom. The molecule has 19 heavy (non-hydrogen) atoms. The number of hydrogen-bond acceptors (Lipinski definition) is 3. The molecule has 1 heterocycles. The molecule has 0 bridgehead atoms. The van der Waals surface area contributed by atoms with Crippen molar-refractivity contribution in [1.29, 1.82) is 0 Å². The number of aromatic nitrogens is 1. The fourth-order valence-electron chi connectivity index (χ4n) is 1.56. The third-order valence-corrected chi connectivity index (χ3v) is 4.36. The number of halogens is 1. The van der Waals surface area contributed by atoms with Gasteiger partial charge in [-0.1, -0.05) is 29.8 Å². The summed E-state index contributed by atoms with van der Waals surface area (Å²) < 4.78 is 26.4. The SMILES string of the molecule is O=S(=O)(NCc1ccccc1Cl)c1c[nH]c(CO)c1. The second-order valence-electron chi connectivity index (χ2n) is 3.93. The fourth-order valence-corrected chi connectivity index (χ4v) is 2.79. The maximum atomic E-state index is 12.0. The molecule has 0 atom stereocenters. The standard InChI is InChI=1S/C12H13ClN2O3S/c13-12-4-2-1-3-9(12)6-15-19(17,18)11-5-10(8-16)14-7-11/h1-5,7,14-16H,6,8H2. The molecule has 0 spiro atoms. The van der Waals surface area contributed by atoms with Crippen molar-refractivity contribution in [1.82, 2.24) is 9.71 Å². The Hall–Kier alpha value is -1.34. The van der Waals surface area contributed by atoms with E-state index < -0.39 is 10.0 Å². The van der Waals surface area contributed by atoms with Crippen LogP contribution in [0.25, 0.3) is 0 Å². The van der Waals surface area contributed by atoms with E-state index in [1.165, 1.54) is 12.3 Å². The van der Waals surface area contributed by atoms with Gasteiger partial charge in [-0.2, -0.15) is 0 Å². The first kappa shape index (κ1) is 14.1. The zero-order valence-corrected chi connectivity index (χ0v) is 11.5. The quantitative estimate of drug-likeness (QED) is 0.785. The molecule has 2 aromatic rings. The number of hydrogen-bond donors (Lipinski definition) is 3. The number of aliphatic hydroxyl groups is 1. The first-order valence-corrected chi connectivity index (χ1v) is 7.40. The summed E-state index contributed by atoms with van der Waals surface area (Å²) in [7, 11) is -3.62. The third kappa shape index (κ3) is 3.36. The number of nitrogens with one attached hydrogen (secondary N) is 2. The van der Waals surface area contributed by atoms with Gasteiger partial charge in [0.15, 0.2) is 0 Å². The minimum atomic E-state index is -3.62. The van der Waals surface area contributed by atoms with Crippen molar-refractivity contribution in [2.75, 3.05) is 0 Å². The summed E-state index contributed by atoms with van der Waals surface area (Å²) >= 11 is 5.95. The first-order chi connectivity index (χ1) is 9.03. The normalized spacial score (nSPS) is 11.7. The lowest BCUT2D eigenvalue weighted by Crippen LogP contribution is -2.22. The van der Waals surface area contributed by atoms with E-state index in [4.69, 9.17) is 16.7 Å². The number of rotatable bonds is 5. The smallest absolute Gasteiger partial charge is 0.242 e. The summed E-state index contributed by atoms with van der Waals surface area (Å²) in [5.41, 5.74) is 1.14. The monoisotopic (exact) mass is 300 g/mol. The Balaban J connectivity index is 2.12. The van der Waals surface area contributed by atoms with Gasteiger partial charge in [-0.15, -0.1) is 0 Å². The maximum Gasteiger partial charge on any atom is 0.242 e. The molecule has 2 rings (SSSR count). The molecule has 0 unspecified atom stereocenters. The molecule has 0 saturated carbocycles. The van der Waals surface area contributed by atoms with Gasteiger partial charge in [-0.25, -0.2) is 13.1 Å². The van der Waals surface area contributed by atoms with E-state index in [-0.39, 0.29) is 18.0 Å². The Morgan fingerprint density at radius 3 is 2.68 bits per heavy atom. The van der Waals surface area contributed by atoms with Crippen LogP contribution in [0.4, 0.5) is 0 Å². The molecule has 0 aliphatic carbocycles. The van der Waals surface area contributed by atoms with Crippen molar-refractivity contribution >= 4 is 21.6 Å². The van der Waals surface area contributed by atoms with Crippen LogP contribution in [-0.2, 0) is 23.2 Å². The number of aromatic amines is 1. The van der Waals surface area contributed by atoms with Crippen LogP contribution in [0, 0.1) is 0 Å². The van der Waals surface area contributed by atoms with Gasteiger partial charge in [0.25, 0.3) is 0 Å². The summed E-state index contributed by atoms with van der Waals surface area (Å²) in [6.07, 6.45) is 1.33. The molecule has 0 fully saturated rings. The fraction of sp³-hybridized carbons (Fsp3) is 0.167. The summed E-state index contributed by atoms with van der Waals surface area (Å²) in [5.74, 6) is 0. The Bertz CT molecular complexity index is 667. The largest absolute Gasteiger partial charge is 0.390 e. The van der Waals surface area contributed by atoms with Crippen LogP contribution in [0.2, 0.25) is 5.02 Å². The van der Waals surface area contributed by atoms with Gasteiger partial charge in [-0.05, 0) is 17.7 Å². The maximum absolute atomic E-state index is 12.0. The predicted molar refractivity (Wildman–Crippen MR) is 72.2 cm³/mol. The van der Waals surface area contributed by atoms with Crippen LogP contribution in [0.1, 0.15) is 11.3 Å². The lowest BCUT2D eigenvalue weighted by atomic mass is 10.2. The van der Waals surface area contributed by atoms with Crippen LogP contribution in [0.3, 0.4) is 0 Å². The van der Waals surface area contributed by atoms with Crippen molar-refractivity contribution in [2.45, 2.75) is 18.0 Å². The van der Waals surface area contributed by atoms with E-state index in [0.29, 0.717) is 16.3 Å². The van der Waals surface area contributed by atoms with Crippen molar-refractivity contribution in [3.63, 3.8) is 0 Å². The molecule has 3 N–H and O–H groups in total. The summed E-state index contributed by atoms with van der Waals surface area (Å²) in [5, 5.41) is 9.41. The number of aliphatic hydroxyl groups excluding tert-OH is 1. The minimum absolute atomic E-state index is 0.0867. The Morgan fingerprint density at radius 1 is 1.32 bits per heavy atom. The molecule has 102 valence electrons. The molecule has 7 heteroatoms. The summed E-state index contributed by atoms with van der Waals surface area (Å²) in [4.78, 5) is 2.76. The van der Waals surface area contributed by atoms with Crippen LogP contribution < -0.4 is 4.72 Å². The second-order valence-corrected chi connectivity index (χ2v) is 6.11. The highest BCUT2D eigenvalue weighted by molar-refractivity contribution is 7.89. The summed E-state index contributed by atoms with van der Waals surface area (Å²) in [6.45, 7) is -0.123. The first-order valence-electron chi connectivity index (χ1n) is 5.54. The highest BCUT2D eigenvalue weighted by Gasteiger charge is 2.16. The van der Waals surface area contributed by atoms with Crippen LogP contribution in [0.5, 0.6) is 0 Å². The molecule has 0 amide bonds. The molecule has 5 nitrogen and oxygen atoms in total. The molecular weight excluding hydrogens is 288 g/mol. The molecule has 1 aromatic heterocycles. The second kappa shape index (κ2) is 5.75. The lowest BCUT2D eigenvalue weighted by Gasteiger charge is -2.06. The van der Waals surface area contributed by atoms with Gasteiger partial charge in [0.2, 0.25) is 10.0 Å². The third-order valence-electron chi connectivity index (χ3n) is 2.61. The zero-order chi connectivity index (χ0) is 13.9. The molecule has 1 aromatic carbocycles. The molecule has 0 saturated heterocycles.